The molecule has 3 nitrogen and oxygen atoms in total. The number of rotatable bonds is 5. The molecule has 0 unspecified atom stereocenters. The molecule has 98 valence electrons. The third-order valence-electron chi connectivity index (χ3n) is 3.03. The average molecular weight is 255 g/mol. The van der Waals surface area contributed by atoms with Crippen molar-refractivity contribution in [3.8, 4) is 0 Å². The maximum Gasteiger partial charge on any atom is 0.265 e. The number of nitrogens with zero attached hydrogens (tertiary/aromatic N) is 1. The van der Waals surface area contributed by atoms with Gasteiger partial charge in [-0.25, -0.2) is 4.90 Å². The Morgan fingerprint density at radius 2 is 1.68 bits per heavy atom. The van der Waals surface area contributed by atoms with Crippen LogP contribution in [0.1, 0.15) is 46.9 Å². The Morgan fingerprint density at radius 1 is 1.05 bits per heavy atom. The molecular weight excluding hydrogens is 238 g/mol. The van der Waals surface area contributed by atoms with E-state index in [0.717, 1.165) is 24.2 Å². The van der Waals surface area contributed by atoms with Crippen LogP contribution in [0.3, 0.4) is 0 Å². The SMILES string of the molecule is CCCCC=CC=CN1C(=O)c2ccccc2C1=O. The van der Waals surface area contributed by atoms with Crippen LogP contribution in [0.4, 0.5) is 0 Å². The Bertz CT molecular complexity index is 508. The van der Waals surface area contributed by atoms with Crippen LogP contribution in [0.2, 0.25) is 0 Å². The van der Waals surface area contributed by atoms with Gasteiger partial charge in [0.15, 0.2) is 0 Å². The molecule has 0 atom stereocenters. The van der Waals surface area contributed by atoms with Gasteiger partial charge in [0.2, 0.25) is 0 Å². The van der Waals surface area contributed by atoms with Crippen molar-refractivity contribution in [3.63, 3.8) is 0 Å². The van der Waals surface area contributed by atoms with Crippen molar-refractivity contribution in [2.75, 3.05) is 0 Å². The number of unbranched alkanes of at least 4 members (excludes halogenated alkanes) is 2. The Hall–Kier alpha value is -2.16. The van der Waals surface area contributed by atoms with Gasteiger partial charge < -0.3 is 0 Å². The Labute approximate surface area is 113 Å². The number of imide groups is 1. The van der Waals surface area contributed by atoms with Gasteiger partial charge in [-0.2, -0.15) is 0 Å². The minimum atomic E-state index is -0.251. The van der Waals surface area contributed by atoms with Crippen molar-refractivity contribution in [3.05, 3.63) is 59.8 Å². The molecular formula is C16H17NO2. The van der Waals surface area contributed by atoms with Crippen LogP contribution in [-0.4, -0.2) is 16.7 Å². The van der Waals surface area contributed by atoms with E-state index < -0.39 is 0 Å². The molecule has 0 bridgehead atoms. The lowest BCUT2D eigenvalue weighted by Crippen LogP contribution is -2.23. The number of benzene rings is 1. The van der Waals surface area contributed by atoms with Gasteiger partial charge in [0.05, 0.1) is 11.1 Å². The summed E-state index contributed by atoms with van der Waals surface area (Å²) in [5.41, 5.74) is 0.958. The van der Waals surface area contributed by atoms with Gasteiger partial charge in [-0.3, -0.25) is 9.59 Å². The molecule has 0 radical (unpaired) electrons. The minimum absolute atomic E-state index is 0.251. The van der Waals surface area contributed by atoms with Crippen LogP contribution >= 0.6 is 0 Å². The standard InChI is InChI=1S/C16H17NO2/c1-2-3-4-5-6-9-12-17-15(18)13-10-7-8-11-14(13)16(17)19/h5-12H,2-4H2,1H3. The topological polar surface area (TPSA) is 37.4 Å². The zero-order valence-corrected chi connectivity index (χ0v) is 11.0. The molecule has 1 aliphatic rings. The van der Waals surface area contributed by atoms with Gasteiger partial charge in [0.25, 0.3) is 11.8 Å². The zero-order chi connectivity index (χ0) is 13.7. The lowest BCUT2D eigenvalue weighted by Gasteiger charge is -2.05. The molecule has 0 aliphatic carbocycles. The highest BCUT2D eigenvalue weighted by molar-refractivity contribution is 6.22. The number of hydrogen-bond acceptors (Lipinski definition) is 2. The quantitative estimate of drug-likeness (QED) is 0.458. The molecule has 1 aliphatic heterocycles. The first kappa shape index (κ1) is 13.3. The summed E-state index contributed by atoms with van der Waals surface area (Å²) in [5.74, 6) is -0.502. The molecule has 0 saturated heterocycles. The summed E-state index contributed by atoms with van der Waals surface area (Å²) in [7, 11) is 0. The summed E-state index contributed by atoms with van der Waals surface area (Å²) < 4.78 is 0. The minimum Gasteiger partial charge on any atom is -0.268 e. The van der Waals surface area contributed by atoms with Gasteiger partial charge in [-0.05, 0) is 24.6 Å². The van der Waals surface area contributed by atoms with E-state index >= 15 is 0 Å². The van der Waals surface area contributed by atoms with Gasteiger partial charge in [0, 0.05) is 6.20 Å². The Morgan fingerprint density at radius 3 is 2.26 bits per heavy atom. The molecule has 0 aromatic heterocycles. The van der Waals surface area contributed by atoms with Crippen LogP contribution in [0.25, 0.3) is 0 Å². The fraction of sp³-hybridized carbons (Fsp3) is 0.250. The number of carbonyl (C=O) groups is 2. The van der Waals surface area contributed by atoms with Gasteiger partial charge in [0.1, 0.15) is 0 Å². The lowest BCUT2D eigenvalue weighted by molar-refractivity contribution is 0.0721. The second kappa shape index (κ2) is 6.14. The first-order chi connectivity index (χ1) is 9.25. The highest BCUT2D eigenvalue weighted by Gasteiger charge is 2.33. The van der Waals surface area contributed by atoms with Gasteiger partial charge >= 0.3 is 0 Å². The Kier molecular flexibility index (Phi) is 4.29. The van der Waals surface area contributed by atoms with E-state index in [-0.39, 0.29) is 11.8 Å². The van der Waals surface area contributed by atoms with Crippen molar-refractivity contribution in [1.29, 1.82) is 0 Å². The molecule has 1 aromatic carbocycles. The average Bonchev–Trinajstić information content (AvgIpc) is 2.68. The maximum atomic E-state index is 12.0. The summed E-state index contributed by atoms with van der Waals surface area (Å²) in [6.45, 7) is 2.14. The molecule has 1 aromatic rings. The molecule has 19 heavy (non-hydrogen) atoms. The first-order valence-corrected chi connectivity index (χ1v) is 6.56. The molecule has 0 saturated carbocycles. The molecule has 2 rings (SSSR count). The third-order valence-corrected chi connectivity index (χ3v) is 3.03. The molecule has 3 heteroatoms. The predicted molar refractivity (Wildman–Crippen MR) is 74.7 cm³/mol. The normalized spacial score (nSPS) is 14.9. The van der Waals surface area contributed by atoms with E-state index in [0.29, 0.717) is 11.1 Å². The Balaban J connectivity index is 2.04. The molecule has 0 N–H and O–H groups in total. The van der Waals surface area contributed by atoms with E-state index in [2.05, 4.69) is 6.92 Å². The lowest BCUT2D eigenvalue weighted by atomic mass is 10.1. The molecule has 0 spiro atoms. The van der Waals surface area contributed by atoms with Gasteiger partial charge in [-0.1, -0.05) is 44.1 Å². The highest BCUT2D eigenvalue weighted by atomic mass is 16.2. The zero-order valence-electron chi connectivity index (χ0n) is 11.0. The predicted octanol–water partition coefficient (Wildman–Crippen LogP) is 3.54. The third kappa shape index (κ3) is 2.81. The number of allylic oxidation sites excluding steroid dienone is 3. The fourth-order valence-corrected chi connectivity index (χ4v) is 1.98. The van der Waals surface area contributed by atoms with Crippen LogP contribution in [0.15, 0.2) is 48.7 Å². The van der Waals surface area contributed by atoms with E-state index in [1.807, 2.05) is 12.2 Å². The second-order valence-corrected chi connectivity index (χ2v) is 4.44. The summed E-state index contributed by atoms with van der Waals surface area (Å²) in [6, 6.07) is 6.89. The summed E-state index contributed by atoms with van der Waals surface area (Å²) in [4.78, 5) is 25.2. The molecule has 2 amide bonds. The smallest absolute Gasteiger partial charge is 0.265 e. The summed E-state index contributed by atoms with van der Waals surface area (Å²) in [5, 5.41) is 0. The number of carbonyl (C=O) groups excluding carboxylic acids is 2. The van der Waals surface area contributed by atoms with Crippen LogP contribution in [-0.2, 0) is 0 Å². The second-order valence-electron chi connectivity index (χ2n) is 4.44. The van der Waals surface area contributed by atoms with Crippen molar-refractivity contribution in [1.82, 2.24) is 4.90 Å². The number of fused-ring (bicyclic) bond motifs is 1. The maximum absolute atomic E-state index is 12.0. The summed E-state index contributed by atoms with van der Waals surface area (Å²) in [6.07, 6.45) is 10.5. The highest BCUT2D eigenvalue weighted by Crippen LogP contribution is 2.22. The van der Waals surface area contributed by atoms with E-state index in [1.165, 1.54) is 6.20 Å². The number of hydrogen-bond donors (Lipinski definition) is 0. The van der Waals surface area contributed by atoms with Gasteiger partial charge in [-0.15, -0.1) is 0 Å². The number of amides is 2. The fourth-order valence-electron chi connectivity index (χ4n) is 1.98. The van der Waals surface area contributed by atoms with Crippen LogP contribution in [0, 0.1) is 0 Å². The van der Waals surface area contributed by atoms with Crippen molar-refractivity contribution in [2.45, 2.75) is 26.2 Å². The molecule has 0 fully saturated rings. The van der Waals surface area contributed by atoms with Crippen molar-refractivity contribution < 1.29 is 9.59 Å². The van der Waals surface area contributed by atoms with E-state index in [9.17, 15) is 9.59 Å². The van der Waals surface area contributed by atoms with Crippen molar-refractivity contribution in [2.24, 2.45) is 0 Å². The largest absolute Gasteiger partial charge is 0.268 e. The van der Waals surface area contributed by atoms with E-state index in [1.54, 1.807) is 30.3 Å². The molecule has 1 heterocycles. The van der Waals surface area contributed by atoms with Crippen LogP contribution in [0.5, 0.6) is 0 Å². The van der Waals surface area contributed by atoms with E-state index in [4.69, 9.17) is 0 Å². The van der Waals surface area contributed by atoms with Crippen LogP contribution < -0.4 is 0 Å². The first-order valence-electron chi connectivity index (χ1n) is 6.56. The van der Waals surface area contributed by atoms with Crippen molar-refractivity contribution >= 4 is 11.8 Å². The summed E-state index contributed by atoms with van der Waals surface area (Å²) >= 11 is 0. The monoisotopic (exact) mass is 255 g/mol.